The first-order valence-corrected chi connectivity index (χ1v) is 12.7. The average Bonchev–Trinajstić information content (AvgIpc) is 3.74. The van der Waals surface area contributed by atoms with E-state index in [1.54, 1.807) is 0 Å². The maximum atomic E-state index is 13.3. The number of hydrogen-bond acceptors (Lipinski definition) is 4. The molecule has 2 amide bonds. The predicted octanol–water partition coefficient (Wildman–Crippen LogP) is 3.67. The second-order valence-corrected chi connectivity index (χ2v) is 10.6. The Kier molecular flexibility index (Phi) is 4.42. The standard InChI is InChI=1S/C28H29N3O3/c32-26(21-5-6-21)30-13-9-18(16-30)17-31-25(29-28(11-12-28)27(31)33)20-3-1-19(2-4-20)22-7-8-24-23(15-22)10-14-34-24/h1-4,7-8,15,18,21H,5-6,9-14,16-17H2. The maximum absolute atomic E-state index is 13.3. The number of carbonyl (C=O) groups is 2. The average molecular weight is 456 g/mol. The monoisotopic (exact) mass is 455 g/mol. The molecule has 1 spiro atoms. The van der Waals surface area contributed by atoms with Crippen LogP contribution in [0.1, 0.15) is 43.2 Å². The van der Waals surface area contributed by atoms with Crippen LogP contribution < -0.4 is 4.74 Å². The van der Waals surface area contributed by atoms with E-state index in [-0.39, 0.29) is 11.8 Å². The molecular weight excluding hydrogens is 426 g/mol. The van der Waals surface area contributed by atoms with Crippen LogP contribution in [-0.4, -0.2) is 59.2 Å². The summed E-state index contributed by atoms with van der Waals surface area (Å²) in [6, 6.07) is 14.8. The van der Waals surface area contributed by atoms with E-state index in [4.69, 9.17) is 9.73 Å². The largest absolute Gasteiger partial charge is 0.493 e. The summed E-state index contributed by atoms with van der Waals surface area (Å²) >= 11 is 0. The number of nitrogens with zero attached hydrogens (tertiary/aromatic N) is 3. The van der Waals surface area contributed by atoms with Crippen molar-refractivity contribution in [1.29, 1.82) is 0 Å². The van der Waals surface area contributed by atoms with Gasteiger partial charge in [-0.25, -0.2) is 0 Å². The summed E-state index contributed by atoms with van der Waals surface area (Å²) < 4.78 is 5.64. The van der Waals surface area contributed by atoms with Crippen molar-refractivity contribution in [3.8, 4) is 16.9 Å². The number of benzene rings is 2. The summed E-state index contributed by atoms with van der Waals surface area (Å²) in [5, 5.41) is 0. The minimum absolute atomic E-state index is 0.150. The van der Waals surface area contributed by atoms with E-state index in [0.717, 1.165) is 80.9 Å². The second kappa shape index (κ2) is 7.42. The van der Waals surface area contributed by atoms with Crippen molar-refractivity contribution in [2.24, 2.45) is 16.8 Å². The zero-order chi connectivity index (χ0) is 22.9. The fraction of sp³-hybridized carbons (Fsp3) is 0.464. The molecule has 1 unspecified atom stereocenters. The topological polar surface area (TPSA) is 62.2 Å². The molecule has 1 atom stereocenters. The highest BCUT2D eigenvalue weighted by Gasteiger charge is 2.57. The van der Waals surface area contributed by atoms with Crippen LogP contribution in [0.25, 0.3) is 11.1 Å². The number of ether oxygens (including phenoxy) is 1. The molecule has 2 aromatic carbocycles. The van der Waals surface area contributed by atoms with Gasteiger partial charge in [0.15, 0.2) is 0 Å². The van der Waals surface area contributed by atoms with E-state index in [2.05, 4.69) is 42.5 Å². The van der Waals surface area contributed by atoms with Gasteiger partial charge in [-0.05, 0) is 66.8 Å². The molecule has 3 fully saturated rings. The van der Waals surface area contributed by atoms with E-state index in [1.165, 1.54) is 11.1 Å². The molecule has 0 aromatic heterocycles. The van der Waals surface area contributed by atoms with Gasteiger partial charge < -0.3 is 9.64 Å². The van der Waals surface area contributed by atoms with Crippen molar-refractivity contribution >= 4 is 17.6 Å². The third-order valence-corrected chi connectivity index (χ3v) is 8.07. The maximum Gasteiger partial charge on any atom is 0.256 e. The molecule has 34 heavy (non-hydrogen) atoms. The van der Waals surface area contributed by atoms with Crippen LogP contribution in [0.15, 0.2) is 47.5 Å². The molecule has 6 nitrogen and oxygen atoms in total. The molecule has 2 aliphatic carbocycles. The molecule has 7 rings (SSSR count). The van der Waals surface area contributed by atoms with E-state index in [1.807, 2.05) is 9.80 Å². The van der Waals surface area contributed by atoms with E-state index in [0.29, 0.717) is 18.4 Å². The number of hydrogen-bond donors (Lipinski definition) is 0. The van der Waals surface area contributed by atoms with Crippen LogP contribution in [0.2, 0.25) is 0 Å². The van der Waals surface area contributed by atoms with Crippen LogP contribution in [0.3, 0.4) is 0 Å². The first kappa shape index (κ1) is 20.2. The summed E-state index contributed by atoms with van der Waals surface area (Å²) in [4.78, 5) is 34.7. The van der Waals surface area contributed by atoms with Gasteiger partial charge in [-0.2, -0.15) is 0 Å². The first-order chi connectivity index (χ1) is 16.6. The Labute approximate surface area is 199 Å². The number of amides is 2. The molecule has 2 saturated carbocycles. The van der Waals surface area contributed by atoms with E-state index in [9.17, 15) is 9.59 Å². The molecule has 3 heterocycles. The zero-order valence-electron chi connectivity index (χ0n) is 19.3. The highest BCUT2D eigenvalue weighted by molar-refractivity contribution is 6.16. The quantitative estimate of drug-likeness (QED) is 0.691. The van der Waals surface area contributed by atoms with Crippen molar-refractivity contribution in [3.05, 3.63) is 53.6 Å². The summed E-state index contributed by atoms with van der Waals surface area (Å²) in [5.41, 5.74) is 4.08. The number of likely N-dealkylation sites (tertiary alicyclic amines) is 1. The van der Waals surface area contributed by atoms with Crippen molar-refractivity contribution in [1.82, 2.24) is 9.80 Å². The minimum atomic E-state index is -0.518. The number of amidine groups is 1. The third kappa shape index (κ3) is 3.34. The third-order valence-electron chi connectivity index (χ3n) is 8.07. The second-order valence-electron chi connectivity index (χ2n) is 10.6. The van der Waals surface area contributed by atoms with Gasteiger partial charge in [0.05, 0.1) is 6.61 Å². The van der Waals surface area contributed by atoms with Gasteiger partial charge >= 0.3 is 0 Å². The van der Waals surface area contributed by atoms with Crippen molar-refractivity contribution in [2.75, 3.05) is 26.2 Å². The van der Waals surface area contributed by atoms with Crippen molar-refractivity contribution < 1.29 is 14.3 Å². The number of aliphatic imine (C=N–C) groups is 1. The molecule has 2 aromatic rings. The molecule has 1 saturated heterocycles. The van der Waals surface area contributed by atoms with Crippen molar-refractivity contribution in [3.63, 3.8) is 0 Å². The Morgan fingerprint density at radius 3 is 2.56 bits per heavy atom. The van der Waals surface area contributed by atoms with Crippen LogP contribution in [0, 0.1) is 11.8 Å². The lowest BCUT2D eigenvalue weighted by Gasteiger charge is -2.23. The van der Waals surface area contributed by atoms with Gasteiger partial charge in [0.1, 0.15) is 17.1 Å². The Hall–Kier alpha value is -3.15. The van der Waals surface area contributed by atoms with Gasteiger partial charge in [-0.15, -0.1) is 0 Å². The fourth-order valence-corrected chi connectivity index (χ4v) is 5.70. The van der Waals surface area contributed by atoms with Gasteiger partial charge in [0, 0.05) is 37.5 Å². The summed E-state index contributed by atoms with van der Waals surface area (Å²) in [5.74, 6) is 2.85. The molecule has 0 bridgehead atoms. The number of rotatable bonds is 5. The van der Waals surface area contributed by atoms with E-state index < -0.39 is 5.54 Å². The molecule has 0 N–H and O–H groups in total. The highest BCUT2D eigenvalue weighted by atomic mass is 16.5. The van der Waals surface area contributed by atoms with E-state index >= 15 is 0 Å². The molecule has 0 radical (unpaired) electrons. The van der Waals surface area contributed by atoms with Gasteiger partial charge in [-0.3, -0.25) is 19.5 Å². The van der Waals surface area contributed by atoms with Crippen LogP contribution >= 0.6 is 0 Å². The Bertz CT molecular complexity index is 1210. The van der Waals surface area contributed by atoms with Gasteiger partial charge in [0.2, 0.25) is 5.91 Å². The predicted molar refractivity (Wildman–Crippen MR) is 129 cm³/mol. The fourth-order valence-electron chi connectivity index (χ4n) is 5.70. The van der Waals surface area contributed by atoms with Crippen molar-refractivity contribution in [2.45, 2.75) is 44.1 Å². The minimum Gasteiger partial charge on any atom is -0.493 e. The Morgan fingerprint density at radius 1 is 1.03 bits per heavy atom. The molecule has 174 valence electrons. The summed E-state index contributed by atoms with van der Waals surface area (Å²) in [6.45, 7) is 3.00. The molecule has 5 aliphatic rings. The summed E-state index contributed by atoms with van der Waals surface area (Å²) in [7, 11) is 0. The normalized spacial score (nSPS) is 24.4. The molecule has 6 heteroatoms. The Morgan fingerprint density at radius 2 is 1.79 bits per heavy atom. The SMILES string of the molecule is O=C(C1CC1)N1CCC(CN2C(=O)C3(CC3)N=C2c2ccc(-c3ccc4c(c3)CCO4)cc2)C1. The lowest BCUT2D eigenvalue weighted by atomic mass is 10.0. The first-order valence-electron chi connectivity index (χ1n) is 12.7. The lowest BCUT2D eigenvalue weighted by Crippen LogP contribution is -2.40. The van der Waals surface area contributed by atoms with Crippen LogP contribution in [0.4, 0.5) is 0 Å². The van der Waals surface area contributed by atoms with Crippen LogP contribution in [-0.2, 0) is 16.0 Å². The Balaban J connectivity index is 1.11. The van der Waals surface area contributed by atoms with Crippen LogP contribution in [0.5, 0.6) is 5.75 Å². The highest BCUT2D eigenvalue weighted by Crippen LogP contribution is 2.46. The number of fused-ring (bicyclic) bond motifs is 1. The summed E-state index contributed by atoms with van der Waals surface area (Å²) in [6.07, 6.45) is 5.69. The lowest BCUT2D eigenvalue weighted by molar-refractivity contribution is -0.131. The van der Waals surface area contributed by atoms with Gasteiger partial charge in [0.25, 0.3) is 5.91 Å². The zero-order valence-corrected chi connectivity index (χ0v) is 19.3. The molecule has 3 aliphatic heterocycles. The smallest absolute Gasteiger partial charge is 0.256 e. The molecular formula is C28H29N3O3. The number of carbonyl (C=O) groups excluding carboxylic acids is 2. The van der Waals surface area contributed by atoms with Gasteiger partial charge in [-0.1, -0.05) is 30.3 Å².